The Balaban J connectivity index is 1.68. The Morgan fingerprint density at radius 1 is 0.971 bits per heavy atom. The molecule has 0 radical (unpaired) electrons. The lowest BCUT2D eigenvalue weighted by atomic mass is 9.43. The van der Waals surface area contributed by atoms with Gasteiger partial charge in [-0.3, -0.25) is 19.2 Å². The van der Waals surface area contributed by atoms with Gasteiger partial charge in [-0.15, -0.1) is 0 Å². The van der Waals surface area contributed by atoms with E-state index < -0.39 is 5.97 Å². The van der Waals surface area contributed by atoms with Gasteiger partial charge in [-0.05, 0) is 86.4 Å². The van der Waals surface area contributed by atoms with E-state index in [1.807, 2.05) is 0 Å². The fraction of sp³-hybridized carbons (Fsp3) is 0.852. The number of carboxylic acids is 1. The van der Waals surface area contributed by atoms with E-state index >= 15 is 0 Å². The van der Waals surface area contributed by atoms with Crippen LogP contribution in [-0.2, 0) is 33.4 Å². The average molecular weight is 493 g/mol. The van der Waals surface area contributed by atoms with E-state index in [-0.39, 0.29) is 71.1 Å². The first-order valence-corrected chi connectivity index (χ1v) is 13.2. The SMILES string of the molecule is C[C@H](CCC(=O)O)[C@H]1CC[C@H]2[C@@H]3[C@H](OC=O)C[C@@H]4C[C@H](OC=O)CC[C@]4(C)[C@H]3C[C@H](OC=O)[C@]12C. The third-order valence-corrected chi connectivity index (χ3v) is 11.0. The summed E-state index contributed by atoms with van der Waals surface area (Å²) in [6, 6.07) is 0. The maximum absolute atomic E-state index is 11.7. The molecule has 4 aliphatic rings. The quantitative estimate of drug-likeness (QED) is 0.359. The van der Waals surface area contributed by atoms with E-state index in [1.54, 1.807) is 0 Å². The zero-order chi connectivity index (χ0) is 25.4. The predicted octanol–water partition coefficient (Wildman–Crippen LogP) is 3.99. The van der Waals surface area contributed by atoms with Gasteiger partial charge >= 0.3 is 5.97 Å². The number of hydrogen-bond donors (Lipinski definition) is 1. The second kappa shape index (κ2) is 10.1. The Hall–Kier alpha value is -2.12. The number of aliphatic carboxylic acids is 1. The molecule has 0 spiro atoms. The van der Waals surface area contributed by atoms with Crippen LogP contribution < -0.4 is 0 Å². The molecule has 8 heteroatoms. The van der Waals surface area contributed by atoms with Gasteiger partial charge in [0.05, 0.1) is 0 Å². The van der Waals surface area contributed by atoms with E-state index in [4.69, 9.17) is 14.2 Å². The van der Waals surface area contributed by atoms with Crippen molar-refractivity contribution in [2.75, 3.05) is 0 Å². The fourth-order valence-electron chi connectivity index (χ4n) is 9.30. The van der Waals surface area contributed by atoms with Gasteiger partial charge in [0.15, 0.2) is 0 Å². The molecule has 196 valence electrons. The van der Waals surface area contributed by atoms with Crippen LogP contribution in [0.2, 0.25) is 0 Å². The van der Waals surface area contributed by atoms with Gasteiger partial charge in [0, 0.05) is 17.8 Å². The molecule has 0 aromatic rings. The van der Waals surface area contributed by atoms with Gasteiger partial charge in [0.2, 0.25) is 0 Å². The Morgan fingerprint density at radius 3 is 2.34 bits per heavy atom. The molecule has 4 fully saturated rings. The standard InChI is InChI=1S/C27H40O8/c1-16(4-7-24(31)32)19-5-6-20-25-21(12-23(35-15-30)27(19,20)3)26(2)9-8-18(33-13-28)10-17(26)11-22(25)34-14-29/h13-23,25H,4-12H2,1-3H3,(H,31,32)/t16-,17+,18-,19-,20+,21+,22-,23+,25+,26+,27-/m1/s1. The molecule has 0 saturated heterocycles. The molecule has 0 aromatic heterocycles. The van der Waals surface area contributed by atoms with Gasteiger partial charge in [-0.2, -0.15) is 0 Å². The maximum atomic E-state index is 11.7. The predicted molar refractivity (Wildman–Crippen MR) is 125 cm³/mol. The van der Waals surface area contributed by atoms with Crippen LogP contribution in [0.5, 0.6) is 0 Å². The summed E-state index contributed by atoms with van der Waals surface area (Å²) in [5.74, 6) is 0.481. The summed E-state index contributed by atoms with van der Waals surface area (Å²) in [4.78, 5) is 45.5. The highest BCUT2D eigenvalue weighted by atomic mass is 16.5. The second-order valence-electron chi connectivity index (χ2n) is 12.0. The number of hydrogen-bond acceptors (Lipinski definition) is 7. The largest absolute Gasteiger partial charge is 0.481 e. The van der Waals surface area contributed by atoms with Crippen molar-refractivity contribution in [2.24, 2.45) is 46.3 Å². The highest BCUT2D eigenvalue weighted by Gasteiger charge is 2.67. The van der Waals surface area contributed by atoms with Gasteiger partial charge < -0.3 is 19.3 Å². The third kappa shape index (κ3) is 4.35. The molecule has 4 aliphatic carbocycles. The highest BCUT2D eigenvalue weighted by Crippen LogP contribution is 2.69. The number of carboxylic acid groups (broad SMARTS) is 1. The number of carbonyl (C=O) groups is 4. The molecule has 4 rings (SSSR count). The van der Waals surface area contributed by atoms with E-state index in [1.165, 1.54) is 0 Å². The third-order valence-electron chi connectivity index (χ3n) is 11.0. The van der Waals surface area contributed by atoms with E-state index in [9.17, 15) is 24.3 Å². The van der Waals surface area contributed by atoms with Gasteiger partial charge in [-0.25, -0.2) is 0 Å². The van der Waals surface area contributed by atoms with Crippen LogP contribution in [-0.4, -0.2) is 48.8 Å². The lowest BCUT2D eigenvalue weighted by Gasteiger charge is -2.64. The summed E-state index contributed by atoms with van der Waals surface area (Å²) < 4.78 is 17.0. The van der Waals surface area contributed by atoms with Gasteiger partial charge in [0.1, 0.15) is 18.3 Å². The van der Waals surface area contributed by atoms with Crippen LogP contribution in [0.3, 0.4) is 0 Å². The summed E-state index contributed by atoms with van der Waals surface area (Å²) in [6.07, 6.45) is 5.98. The van der Waals surface area contributed by atoms with Crippen molar-refractivity contribution in [1.29, 1.82) is 0 Å². The van der Waals surface area contributed by atoms with Crippen molar-refractivity contribution >= 4 is 25.4 Å². The van der Waals surface area contributed by atoms with Crippen molar-refractivity contribution in [3.63, 3.8) is 0 Å². The molecular formula is C27H40O8. The lowest BCUT2D eigenvalue weighted by Crippen LogP contribution is -2.63. The van der Waals surface area contributed by atoms with Crippen LogP contribution in [0.1, 0.15) is 78.6 Å². The first kappa shape index (κ1) is 26.0. The molecule has 0 unspecified atom stereocenters. The van der Waals surface area contributed by atoms with Crippen LogP contribution >= 0.6 is 0 Å². The van der Waals surface area contributed by atoms with E-state index in [0.717, 1.165) is 38.5 Å². The minimum Gasteiger partial charge on any atom is -0.481 e. The minimum absolute atomic E-state index is 0.0189. The maximum Gasteiger partial charge on any atom is 0.303 e. The molecule has 0 aliphatic heterocycles. The van der Waals surface area contributed by atoms with Crippen LogP contribution in [0, 0.1) is 46.3 Å². The number of rotatable bonds is 10. The molecule has 4 saturated carbocycles. The zero-order valence-electron chi connectivity index (χ0n) is 21.1. The number of carbonyl (C=O) groups excluding carboxylic acids is 3. The van der Waals surface area contributed by atoms with Crippen molar-refractivity contribution in [3.05, 3.63) is 0 Å². The Kier molecular flexibility index (Phi) is 7.49. The van der Waals surface area contributed by atoms with Gasteiger partial charge in [-0.1, -0.05) is 20.8 Å². The lowest BCUT2D eigenvalue weighted by molar-refractivity contribution is -0.218. The number of ether oxygens (including phenoxy) is 3. The van der Waals surface area contributed by atoms with E-state index in [0.29, 0.717) is 32.3 Å². The van der Waals surface area contributed by atoms with E-state index in [2.05, 4.69) is 20.8 Å². The van der Waals surface area contributed by atoms with Crippen LogP contribution in [0.25, 0.3) is 0 Å². The summed E-state index contributed by atoms with van der Waals surface area (Å²) in [5, 5.41) is 9.23. The summed E-state index contributed by atoms with van der Waals surface area (Å²) >= 11 is 0. The first-order valence-electron chi connectivity index (χ1n) is 13.2. The summed E-state index contributed by atoms with van der Waals surface area (Å²) in [6.45, 7) is 8.34. The molecule has 11 atom stereocenters. The van der Waals surface area contributed by atoms with Crippen molar-refractivity contribution in [1.82, 2.24) is 0 Å². The first-order chi connectivity index (χ1) is 16.7. The monoisotopic (exact) mass is 492 g/mol. The zero-order valence-corrected chi connectivity index (χ0v) is 21.1. The highest BCUT2D eigenvalue weighted by molar-refractivity contribution is 5.66. The van der Waals surface area contributed by atoms with Gasteiger partial charge in [0.25, 0.3) is 19.4 Å². The van der Waals surface area contributed by atoms with Crippen molar-refractivity contribution in [3.8, 4) is 0 Å². The Bertz CT molecular complexity index is 815. The molecule has 8 nitrogen and oxygen atoms in total. The molecule has 0 heterocycles. The molecule has 0 bridgehead atoms. The second-order valence-corrected chi connectivity index (χ2v) is 12.0. The molecule has 1 N–H and O–H groups in total. The number of fused-ring (bicyclic) bond motifs is 5. The Labute approximate surface area is 207 Å². The molecular weight excluding hydrogens is 452 g/mol. The minimum atomic E-state index is -0.791. The summed E-state index contributed by atoms with van der Waals surface area (Å²) in [5.41, 5.74) is -0.319. The normalized spacial score (nSPS) is 45.1. The molecule has 35 heavy (non-hydrogen) atoms. The molecule has 0 aromatic carbocycles. The topological polar surface area (TPSA) is 116 Å². The van der Waals surface area contributed by atoms with Crippen molar-refractivity contribution in [2.45, 2.75) is 96.9 Å². The molecule has 0 amide bonds. The van der Waals surface area contributed by atoms with Crippen LogP contribution in [0.15, 0.2) is 0 Å². The Morgan fingerprint density at radius 2 is 1.69 bits per heavy atom. The average Bonchev–Trinajstić information content (AvgIpc) is 3.17. The summed E-state index contributed by atoms with van der Waals surface area (Å²) in [7, 11) is 0. The smallest absolute Gasteiger partial charge is 0.303 e. The van der Waals surface area contributed by atoms with Crippen LogP contribution in [0.4, 0.5) is 0 Å². The fourth-order valence-corrected chi connectivity index (χ4v) is 9.30. The van der Waals surface area contributed by atoms with Crippen molar-refractivity contribution < 1.29 is 38.5 Å².